The number of H-pyrrole nitrogens is 1. The number of nitrogens with one attached hydrogen (secondary N) is 2. The molecular formula is C15H19ClN3O+. The number of piperidine rings is 1. The van der Waals surface area contributed by atoms with E-state index in [-0.39, 0.29) is 5.56 Å². The Balaban J connectivity index is 1.90. The molecule has 2 aromatic rings. The highest BCUT2D eigenvalue weighted by atomic mass is 35.5. The summed E-state index contributed by atoms with van der Waals surface area (Å²) < 4.78 is 0. The lowest BCUT2D eigenvalue weighted by Gasteiger charge is -2.27. The van der Waals surface area contributed by atoms with Crippen molar-refractivity contribution in [3.05, 3.63) is 39.4 Å². The average molecular weight is 293 g/mol. The third-order valence-electron chi connectivity index (χ3n) is 4.00. The van der Waals surface area contributed by atoms with E-state index >= 15 is 0 Å². The molecule has 1 aliphatic rings. The number of aromatic nitrogens is 2. The molecule has 5 heteroatoms. The van der Waals surface area contributed by atoms with Crippen LogP contribution in [0.3, 0.4) is 0 Å². The molecule has 1 aromatic heterocycles. The summed E-state index contributed by atoms with van der Waals surface area (Å²) in [5.41, 5.74) is 0.604. The smallest absolute Gasteiger partial charge is 0.258 e. The number of nitrogens with zero attached hydrogens (tertiary/aromatic N) is 1. The van der Waals surface area contributed by atoms with E-state index in [2.05, 4.69) is 16.9 Å². The lowest BCUT2D eigenvalue weighted by Crippen LogP contribution is -3.12. The van der Waals surface area contributed by atoms with Gasteiger partial charge in [-0.2, -0.15) is 0 Å². The second kappa shape index (κ2) is 5.54. The minimum atomic E-state index is -0.0777. The third-order valence-corrected chi connectivity index (χ3v) is 4.23. The Labute approximate surface area is 122 Å². The van der Waals surface area contributed by atoms with Gasteiger partial charge in [0.1, 0.15) is 6.54 Å². The van der Waals surface area contributed by atoms with Gasteiger partial charge in [0, 0.05) is 10.9 Å². The van der Waals surface area contributed by atoms with E-state index in [1.807, 2.05) is 0 Å². The van der Waals surface area contributed by atoms with Gasteiger partial charge in [0.2, 0.25) is 0 Å². The Bertz CT molecular complexity index is 682. The minimum absolute atomic E-state index is 0.0777. The summed E-state index contributed by atoms with van der Waals surface area (Å²) in [6.45, 7) is 5.37. The molecule has 106 valence electrons. The largest absolute Gasteiger partial charge is 0.328 e. The van der Waals surface area contributed by atoms with Crippen LogP contribution in [0, 0.1) is 5.92 Å². The molecule has 0 spiro atoms. The number of rotatable bonds is 2. The van der Waals surface area contributed by atoms with E-state index < -0.39 is 0 Å². The van der Waals surface area contributed by atoms with Gasteiger partial charge in [-0.05, 0) is 31.0 Å². The first-order valence-corrected chi connectivity index (χ1v) is 7.51. The van der Waals surface area contributed by atoms with Crippen LogP contribution in [0.25, 0.3) is 10.9 Å². The summed E-state index contributed by atoms with van der Waals surface area (Å²) in [4.78, 5) is 21.0. The van der Waals surface area contributed by atoms with Crippen molar-refractivity contribution in [2.24, 2.45) is 5.92 Å². The second-order valence-electron chi connectivity index (χ2n) is 5.80. The third kappa shape index (κ3) is 2.86. The number of quaternary nitrogens is 1. The summed E-state index contributed by atoms with van der Waals surface area (Å²) in [5, 5.41) is 1.21. The summed E-state index contributed by atoms with van der Waals surface area (Å²) in [6.07, 6.45) is 2.56. The fourth-order valence-electron chi connectivity index (χ4n) is 3.04. The highest BCUT2D eigenvalue weighted by molar-refractivity contribution is 6.31. The maximum atomic E-state index is 12.1. The second-order valence-corrected chi connectivity index (χ2v) is 6.24. The lowest BCUT2D eigenvalue weighted by molar-refractivity contribution is -0.922. The molecule has 0 bridgehead atoms. The summed E-state index contributed by atoms with van der Waals surface area (Å²) in [6, 6.07) is 5.20. The molecule has 2 atom stereocenters. The molecule has 0 amide bonds. The van der Waals surface area contributed by atoms with Crippen molar-refractivity contribution in [2.45, 2.75) is 26.3 Å². The lowest BCUT2D eigenvalue weighted by atomic mass is 10.0. The van der Waals surface area contributed by atoms with Crippen LogP contribution in [-0.4, -0.2) is 23.1 Å². The molecule has 1 unspecified atom stereocenters. The number of benzene rings is 1. The van der Waals surface area contributed by atoms with Crippen LogP contribution in [0.1, 0.15) is 25.6 Å². The number of hydrogen-bond acceptors (Lipinski definition) is 2. The predicted octanol–water partition coefficient (Wildman–Crippen LogP) is 1.39. The number of halogens is 1. The Morgan fingerprint density at radius 3 is 3.15 bits per heavy atom. The fraction of sp³-hybridized carbons (Fsp3) is 0.467. The molecule has 1 aliphatic heterocycles. The van der Waals surface area contributed by atoms with Crippen molar-refractivity contribution in [3.63, 3.8) is 0 Å². The van der Waals surface area contributed by atoms with Crippen LogP contribution in [0.2, 0.25) is 5.02 Å². The maximum absolute atomic E-state index is 12.1. The van der Waals surface area contributed by atoms with Crippen LogP contribution in [-0.2, 0) is 6.54 Å². The van der Waals surface area contributed by atoms with Gasteiger partial charge in [0.25, 0.3) is 5.56 Å². The predicted molar refractivity (Wildman–Crippen MR) is 80.2 cm³/mol. The number of hydrogen-bond donors (Lipinski definition) is 2. The van der Waals surface area contributed by atoms with Gasteiger partial charge in [0.05, 0.1) is 24.0 Å². The molecule has 0 saturated carbocycles. The van der Waals surface area contributed by atoms with Gasteiger partial charge >= 0.3 is 0 Å². The number of likely N-dealkylation sites (tertiary alicyclic amines) is 1. The summed E-state index contributed by atoms with van der Waals surface area (Å²) >= 11 is 5.98. The van der Waals surface area contributed by atoms with Crippen LogP contribution in [0.4, 0.5) is 0 Å². The van der Waals surface area contributed by atoms with E-state index in [4.69, 9.17) is 11.6 Å². The van der Waals surface area contributed by atoms with Crippen LogP contribution < -0.4 is 10.5 Å². The summed E-state index contributed by atoms with van der Waals surface area (Å²) in [7, 11) is 0. The molecule has 20 heavy (non-hydrogen) atoms. The van der Waals surface area contributed by atoms with Crippen molar-refractivity contribution in [1.82, 2.24) is 9.97 Å². The van der Waals surface area contributed by atoms with E-state index in [9.17, 15) is 4.79 Å². The molecule has 0 radical (unpaired) electrons. The Hall–Kier alpha value is -1.39. The average Bonchev–Trinajstić information content (AvgIpc) is 2.38. The molecular weight excluding hydrogens is 274 g/mol. The number of fused-ring (bicyclic) bond motifs is 1. The molecule has 3 rings (SSSR count). The Kier molecular flexibility index (Phi) is 3.76. The van der Waals surface area contributed by atoms with Gasteiger partial charge in [-0.1, -0.05) is 18.5 Å². The van der Waals surface area contributed by atoms with Gasteiger partial charge < -0.3 is 9.88 Å². The molecule has 4 nitrogen and oxygen atoms in total. The van der Waals surface area contributed by atoms with Crippen molar-refractivity contribution in [3.8, 4) is 0 Å². The molecule has 2 N–H and O–H groups in total. The Morgan fingerprint density at radius 2 is 2.35 bits per heavy atom. The van der Waals surface area contributed by atoms with Crippen molar-refractivity contribution in [1.29, 1.82) is 0 Å². The molecule has 0 aliphatic carbocycles. The van der Waals surface area contributed by atoms with Crippen molar-refractivity contribution >= 4 is 22.5 Å². The van der Waals surface area contributed by atoms with Crippen LogP contribution in [0.5, 0.6) is 0 Å². The quantitative estimate of drug-likeness (QED) is 0.879. The highest BCUT2D eigenvalue weighted by Gasteiger charge is 2.20. The SMILES string of the molecule is C[C@@H]1CCC[NH+](Cc2nc3cc(Cl)ccc3c(=O)[nH]2)C1. The molecule has 1 saturated heterocycles. The van der Waals surface area contributed by atoms with Gasteiger partial charge in [-0.15, -0.1) is 0 Å². The first-order valence-electron chi connectivity index (χ1n) is 7.14. The fourth-order valence-corrected chi connectivity index (χ4v) is 3.21. The van der Waals surface area contributed by atoms with Crippen LogP contribution in [0.15, 0.2) is 23.0 Å². The standard InChI is InChI=1S/C15H18ClN3O/c1-10-3-2-6-19(8-10)9-14-17-13-7-11(16)4-5-12(13)15(20)18-14/h4-5,7,10H,2-3,6,8-9H2,1H3,(H,17,18,20)/p+1/t10-/m1/s1. The first-order chi connectivity index (χ1) is 9.61. The van der Waals surface area contributed by atoms with Crippen molar-refractivity contribution < 1.29 is 4.90 Å². The molecule has 1 aromatic carbocycles. The maximum Gasteiger partial charge on any atom is 0.258 e. The number of aromatic amines is 1. The highest BCUT2D eigenvalue weighted by Crippen LogP contribution is 2.14. The molecule has 1 fully saturated rings. The summed E-state index contributed by atoms with van der Waals surface area (Å²) in [5.74, 6) is 1.51. The van der Waals surface area contributed by atoms with E-state index in [1.54, 1.807) is 18.2 Å². The van der Waals surface area contributed by atoms with Crippen molar-refractivity contribution in [2.75, 3.05) is 13.1 Å². The zero-order valence-electron chi connectivity index (χ0n) is 11.6. The van der Waals surface area contributed by atoms with Gasteiger partial charge in [-0.3, -0.25) is 4.79 Å². The van der Waals surface area contributed by atoms with E-state index in [0.717, 1.165) is 31.4 Å². The Morgan fingerprint density at radius 1 is 1.50 bits per heavy atom. The first kappa shape index (κ1) is 13.6. The normalized spacial score (nSPS) is 23.1. The topological polar surface area (TPSA) is 50.2 Å². The van der Waals surface area contributed by atoms with E-state index in [0.29, 0.717) is 15.9 Å². The monoisotopic (exact) mass is 292 g/mol. The van der Waals surface area contributed by atoms with Gasteiger partial charge in [-0.25, -0.2) is 4.98 Å². The minimum Gasteiger partial charge on any atom is -0.328 e. The van der Waals surface area contributed by atoms with Crippen LogP contribution >= 0.6 is 11.6 Å². The molecule has 2 heterocycles. The van der Waals surface area contributed by atoms with E-state index in [1.165, 1.54) is 17.7 Å². The van der Waals surface area contributed by atoms with Gasteiger partial charge in [0.15, 0.2) is 5.82 Å². The zero-order valence-corrected chi connectivity index (χ0v) is 12.3. The zero-order chi connectivity index (χ0) is 14.1.